The third kappa shape index (κ3) is 2.76. The van der Waals surface area contributed by atoms with E-state index < -0.39 is 0 Å². The predicted molar refractivity (Wildman–Crippen MR) is 85.4 cm³/mol. The van der Waals surface area contributed by atoms with Gasteiger partial charge in [0.1, 0.15) is 12.4 Å². The molecule has 3 rings (SSSR count). The first-order valence-corrected chi connectivity index (χ1v) is 7.08. The summed E-state index contributed by atoms with van der Waals surface area (Å²) in [5, 5.41) is 11.9. The van der Waals surface area contributed by atoms with E-state index in [1.54, 1.807) is 0 Å². The second kappa shape index (κ2) is 5.98. The van der Waals surface area contributed by atoms with E-state index in [9.17, 15) is 5.11 Å². The molecule has 106 valence electrons. The standard InChI is InChI=1S/C19H18O2/c1-14-6-4-9-16(12-20)19(14)21-13-17-10-5-8-15-7-2-3-11-18(15)17/h2-11,20H,12-13H2,1H3. The Morgan fingerprint density at radius 2 is 1.57 bits per heavy atom. The number of aliphatic hydroxyl groups is 1. The summed E-state index contributed by atoms with van der Waals surface area (Å²) in [6, 6.07) is 20.4. The monoisotopic (exact) mass is 278 g/mol. The second-order valence-corrected chi connectivity index (χ2v) is 5.15. The quantitative estimate of drug-likeness (QED) is 0.774. The molecule has 0 heterocycles. The molecular formula is C19H18O2. The Morgan fingerprint density at radius 3 is 2.43 bits per heavy atom. The number of rotatable bonds is 4. The van der Waals surface area contributed by atoms with Gasteiger partial charge in [-0.15, -0.1) is 0 Å². The lowest BCUT2D eigenvalue weighted by molar-refractivity contribution is 0.258. The summed E-state index contributed by atoms with van der Waals surface area (Å²) in [7, 11) is 0. The first kappa shape index (κ1) is 13.7. The zero-order chi connectivity index (χ0) is 14.7. The van der Waals surface area contributed by atoms with Crippen molar-refractivity contribution in [3.05, 3.63) is 77.4 Å². The average molecular weight is 278 g/mol. The zero-order valence-electron chi connectivity index (χ0n) is 12.0. The van der Waals surface area contributed by atoms with Crippen LogP contribution < -0.4 is 4.74 Å². The molecule has 0 atom stereocenters. The van der Waals surface area contributed by atoms with E-state index in [0.717, 1.165) is 22.4 Å². The van der Waals surface area contributed by atoms with Crippen molar-refractivity contribution >= 4 is 10.8 Å². The molecule has 0 saturated heterocycles. The molecule has 0 bridgehead atoms. The Hall–Kier alpha value is -2.32. The van der Waals surface area contributed by atoms with Crippen LogP contribution in [0.3, 0.4) is 0 Å². The fourth-order valence-corrected chi connectivity index (χ4v) is 2.61. The molecule has 0 aliphatic heterocycles. The van der Waals surface area contributed by atoms with Crippen LogP contribution in [-0.4, -0.2) is 5.11 Å². The smallest absolute Gasteiger partial charge is 0.128 e. The van der Waals surface area contributed by atoms with E-state index in [4.69, 9.17) is 4.74 Å². The number of hydrogen-bond donors (Lipinski definition) is 1. The molecule has 3 aromatic carbocycles. The molecule has 0 unspecified atom stereocenters. The molecule has 0 amide bonds. The van der Waals surface area contributed by atoms with Crippen molar-refractivity contribution in [1.29, 1.82) is 0 Å². The normalized spacial score (nSPS) is 10.8. The third-order valence-electron chi connectivity index (χ3n) is 3.72. The SMILES string of the molecule is Cc1cccc(CO)c1OCc1cccc2ccccc12. The maximum atomic E-state index is 9.43. The fourth-order valence-electron chi connectivity index (χ4n) is 2.61. The van der Waals surface area contributed by atoms with E-state index in [1.807, 2.05) is 43.3 Å². The minimum absolute atomic E-state index is 0.00739. The van der Waals surface area contributed by atoms with Crippen molar-refractivity contribution < 1.29 is 9.84 Å². The Kier molecular flexibility index (Phi) is 3.89. The Bertz CT molecular complexity index is 757. The molecule has 0 aromatic heterocycles. The molecule has 0 radical (unpaired) electrons. The van der Waals surface area contributed by atoms with Crippen LogP contribution in [0, 0.1) is 6.92 Å². The zero-order valence-corrected chi connectivity index (χ0v) is 12.0. The second-order valence-electron chi connectivity index (χ2n) is 5.15. The maximum Gasteiger partial charge on any atom is 0.128 e. The van der Waals surface area contributed by atoms with Gasteiger partial charge in [0.05, 0.1) is 6.61 Å². The van der Waals surface area contributed by atoms with Gasteiger partial charge in [-0.2, -0.15) is 0 Å². The number of hydrogen-bond acceptors (Lipinski definition) is 2. The summed E-state index contributed by atoms with van der Waals surface area (Å²) in [5.74, 6) is 0.785. The van der Waals surface area contributed by atoms with Gasteiger partial charge in [-0.05, 0) is 28.8 Å². The van der Waals surface area contributed by atoms with Gasteiger partial charge in [-0.3, -0.25) is 0 Å². The predicted octanol–water partition coefficient (Wildman–Crippen LogP) is 4.22. The molecule has 21 heavy (non-hydrogen) atoms. The van der Waals surface area contributed by atoms with Crippen molar-refractivity contribution in [1.82, 2.24) is 0 Å². The van der Waals surface area contributed by atoms with Crippen LogP contribution in [0.2, 0.25) is 0 Å². The summed E-state index contributed by atoms with van der Waals surface area (Å²) in [4.78, 5) is 0. The summed E-state index contributed by atoms with van der Waals surface area (Å²) < 4.78 is 5.99. The minimum atomic E-state index is -0.00739. The molecule has 0 aliphatic rings. The number of para-hydroxylation sites is 1. The van der Waals surface area contributed by atoms with Gasteiger partial charge in [0.15, 0.2) is 0 Å². The van der Waals surface area contributed by atoms with Gasteiger partial charge in [-0.25, -0.2) is 0 Å². The van der Waals surface area contributed by atoms with E-state index in [0.29, 0.717) is 6.61 Å². The molecule has 1 N–H and O–H groups in total. The first-order chi connectivity index (χ1) is 10.3. The highest BCUT2D eigenvalue weighted by Crippen LogP contribution is 2.26. The van der Waals surface area contributed by atoms with Crippen LogP contribution in [0.1, 0.15) is 16.7 Å². The number of aliphatic hydroxyl groups excluding tert-OH is 1. The average Bonchev–Trinajstić information content (AvgIpc) is 2.53. The van der Waals surface area contributed by atoms with Gasteiger partial charge >= 0.3 is 0 Å². The largest absolute Gasteiger partial charge is 0.488 e. The van der Waals surface area contributed by atoms with Crippen LogP contribution in [0.4, 0.5) is 0 Å². The van der Waals surface area contributed by atoms with Crippen molar-refractivity contribution in [2.75, 3.05) is 0 Å². The van der Waals surface area contributed by atoms with Crippen molar-refractivity contribution in [2.24, 2.45) is 0 Å². The third-order valence-corrected chi connectivity index (χ3v) is 3.72. The van der Waals surface area contributed by atoms with Crippen molar-refractivity contribution in [3.63, 3.8) is 0 Å². The molecule has 3 aromatic rings. The summed E-state index contributed by atoms with van der Waals surface area (Å²) >= 11 is 0. The van der Waals surface area contributed by atoms with Crippen molar-refractivity contribution in [3.8, 4) is 5.75 Å². The molecule has 2 nitrogen and oxygen atoms in total. The first-order valence-electron chi connectivity index (χ1n) is 7.08. The van der Waals surface area contributed by atoms with Crippen LogP contribution >= 0.6 is 0 Å². The summed E-state index contributed by atoms with van der Waals surface area (Å²) in [6.07, 6.45) is 0. The maximum absolute atomic E-state index is 9.43. The summed E-state index contributed by atoms with van der Waals surface area (Å²) in [5.41, 5.74) is 3.03. The van der Waals surface area contributed by atoms with Crippen LogP contribution in [-0.2, 0) is 13.2 Å². The lowest BCUT2D eigenvalue weighted by Crippen LogP contribution is -2.01. The van der Waals surface area contributed by atoms with Crippen LogP contribution in [0.25, 0.3) is 10.8 Å². The lowest BCUT2D eigenvalue weighted by atomic mass is 10.1. The van der Waals surface area contributed by atoms with Crippen molar-refractivity contribution in [2.45, 2.75) is 20.1 Å². The van der Waals surface area contributed by atoms with Gasteiger partial charge < -0.3 is 9.84 Å². The number of fused-ring (bicyclic) bond motifs is 1. The molecule has 0 aliphatic carbocycles. The van der Waals surface area contributed by atoms with Gasteiger partial charge in [0, 0.05) is 5.56 Å². The highest BCUT2D eigenvalue weighted by molar-refractivity contribution is 5.85. The van der Waals surface area contributed by atoms with E-state index in [2.05, 4.69) is 24.3 Å². The van der Waals surface area contributed by atoms with E-state index in [1.165, 1.54) is 10.8 Å². The number of benzene rings is 3. The highest BCUT2D eigenvalue weighted by atomic mass is 16.5. The van der Waals surface area contributed by atoms with Gasteiger partial charge in [-0.1, -0.05) is 60.7 Å². The minimum Gasteiger partial charge on any atom is -0.488 e. The summed E-state index contributed by atoms with van der Waals surface area (Å²) in [6.45, 7) is 2.49. The molecule has 2 heteroatoms. The van der Waals surface area contributed by atoms with Gasteiger partial charge in [0.25, 0.3) is 0 Å². The Balaban J connectivity index is 1.91. The van der Waals surface area contributed by atoms with E-state index in [-0.39, 0.29) is 6.61 Å². The van der Waals surface area contributed by atoms with E-state index >= 15 is 0 Å². The topological polar surface area (TPSA) is 29.5 Å². The molecular weight excluding hydrogens is 260 g/mol. The number of aryl methyl sites for hydroxylation is 1. The molecule has 0 saturated carbocycles. The Morgan fingerprint density at radius 1 is 0.857 bits per heavy atom. The molecule has 0 fully saturated rings. The lowest BCUT2D eigenvalue weighted by Gasteiger charge is -2.14. The highest BCUT2D eigenvalue weighted by Gasteiger charge is 2.07. The Labute approximate surface area is 124 Å². The molecule has 0 spiro atoms. The number of ether oxygens (including phenoxy) is 1. The fraction of sp³-hybridized carbons (Fsp3) is 0.158. The van der Waals surface area contributed by atoms with Crippen LogP contribution in [0.15, 0.2) is 60.7 Å². The van der Waals surface area contributed by atoms with Crippen LogP contribution in [0.5, 0.6) is 5.75 Å². The van der Waals surface area contributed by atoms with Gasteiger partial charge in [0.2, 0.25) is 0 Å².